The lowest BCUT2D eigenvalue weighted by Gasteiger charge is -2.03. The van der Waals surface area contributed by atoms with E-state index >= 15 is 0 Å². The zero-order chi connectivity index (χ0) is 14.8. The molecule has 0 atom stereocenters. The number of aryl methyl sites for hydroxylation is 2. The molecule has 0 unspecified atom stereocenters. The van der Waals surface area contributed by atoms with Crippen LogP contribution in [-0.2, 0) is 4.74 Å². The van der Waals surface area contributed by atoms with Crippen molar-refractivity contribution in [3.8, 4) is 0 Å². The van der Waals surface area contributed by atoms with Gasteiger partial charge >= 0.3 is 0 Å². The van der Waals surface area contributed by atoms with Gasteiger partial charge in [-0.3, -0.25) is 0 Å². The highest BCUT2D eigenvalue weighted by Crippen LogP contribution is 2.25. The molecular weight excluding hydrogens is 298 g/mol. The lowest BCUT2D eigenvalue weighted by atomic mass is 10.2. The Hall–Kier alpha value is -2.20. The third kappa shape index (κ3) is 3.34. The number of aromatic amines is 2. The minimum atomic E-state index is 0. The van der Waals surface area contributed by atoms with Gasteiger partial charge in [0, 0.05) is 23.2 Å². The fourth-order valence-electron chi connectivity index (χ4n) is 2.34. The minimum absolute atomic E-state index is 0. The molecule has 116 valence electrons. The molecule has 0 aliphatic carbocycles. The molecule has 0 saturated heterocycles. The van der Waals surface area contributed by atoms with E-state index in [0.717, 1.165) is 39.9 Å². The molecule has 3 rings (SSSR count). The molecule has 0 saturated carbocycles. The molecule has 0 aromatic carbocycles. The van der Waals surface area contributed by atoms with E-state index in [1.54, 1.807) is 0 Å². The predicted octanol–water partition coefficient (Wildman–Crippen LogP) is 4.15. The van der Waals surface area contributed by atoms with Crippen LogP contribution in [0.1, 0.15) is 29.7 Å². The molecule has 22 heavy (non-hydrogen) atoms. The van der Waals surface area contributed by atoms with E-state index < -0.39 is 0 Å². The number of hydrogen-bond donors (Lipinski definition) is 2. The number of halogens is 1. The van der Waals surface area contributed by atoms with Crippen LogP contribution >= 0.6 is 12.4 Å². The van der Waals surface area contributed by atoms with E-state index in [-0.39, 0.29) is 12.4 Å². The van der Waals surface area contributed by atoms with E-state index in [4.69, 9.17) is 4.74 Å². The lowest BCUT2D eigenvalue weighted by Crippen LogP contribution is -1.94. The van der Waals surface area contributed by atoms with Gasteiger partial charge in [-0.05, 0) is 51.1 Å². The van der Waals surface area contributed by atoms with Gasteiger partial charge in [0.05, 0.1) is 18.0 Å². The topological polar surface area (TPSA) is 53.2 Å². The van der Waals surface area contributed by atoms with Gasteiger partial charge in [-0.15, -0.1) is 12.4 Å². The normalized spacial score (nSPS) is 15.5. The van der Waals surface area contributed by atoms with Crippen LogP contribution in [0.2, 0.25) is 0 Å². The van der Waals surface area contributed by atoms with Crippen molar-refractivity contribution in [3.05, 3.63) is 64.6 Å². The molecule has 0 amide bonds. The summed E-state index contributed by atoms with van der Waals surface area (Å²) in [6.45, 7) is 6.67. The first-order chi connectivity index (χ1) is 10.2. The van der Waals surface area contributed by atoms with E-state index in [1.165, 1.54) is 0 Å². The Labute approximate surface area is 136 Å². The first-order valence-corrected chi connectivity index (χ1v) is 7.12. The maximum absolute atomic E-state index is 5.70. The first kappa shape index (κ1) is 16.2. The number of allylic oxidation sites excluding steroid dienone is 1. The number of nitrogens with zero attached hydrogens (tertiary/aromatic N) is 1. The van der Waals surface area contributed by atoms with Crippen molar-refractivity contribution in [1.82, 2.24) is 9.97 Å². The van der Waals surface area contributed by atoms with Crippen molar-refractivity contribution >= 4 is 24.2 Å². The van der Waals surface area contributed by atoms with Crippen molar-refractivity contribution in [2.24, 2.45) is 4.99 Å². The van der Waals surface area contributed by atoms with Crippen LogP contribution in [0.3, 0.4) is 0 Å². The van der Waals surface area contributed by atoms with Crippen LogP contribution in [0.25, 0.3) is 6.08 Å². The molecule has 5 heteroatoms. The summed E-state index contributed by atoms with van der Waals surface area (Å²) in [7, 11) is 0. The summed E-state index contributed by atoms with van der Waals surface area (Å²) in [5.74, 6) is 0.812. The Bertz CT molecular complexity index is 750. The lowest BCUT2D eigenvalue weighted by molar-refractivity contribution is 0.239. The minimum Gasteiger partial charge on any atom is -0.492 e. The fourth-order valence-corrected chi connectivity index (χ4v) is 2.34. The Morgan fingerprint density at radius 2 is 1.82 bits per heavy atom. The van der Waals surface area contributed by atoms with Crippen LogP contribution in [0.5, 0.6) is 0 Å². The third-order valence-electron chi connectivity index (χ3n) is 3.32. The fraction of sp³-hybridized carbons (Fsp3) is 0.235. The summed E-state index contributed by atoms with van der Waals surface area (Å²) >= 11 is 0. The standard InChI is InChI=1S/C17H19N3O.ClH/c1-4-21-17-10-15(14-8-6-12(3)19-14)20-16(17)9-13-7-5-11(2)18-13;/h5-10,18-19H,4H2,1-3H3;1H. The van der Waals surface area contributed by atoms with Crippen LogP contribution in [0.4, 0.5) is 0 Å². The second-order valence-corrected chi connectivity index (χ2v) is 5.12. The molecule has 0 spiro atoms. The molecule has 2 N–H and O–H groups in total. The Kier molecular flexibility index (Phi) is 4.93. The molecule has 4 nitrogen and oxygen atoms in total. The van der Waals surface area contributed by atoms with Gasteiger partial charge in [0.2, 0.25) is 0 Å². The van der Waals surface area contributed by atoms with E-state index in [1.807, 2.05) is 57.2 Å². The Morgan fingerprint density at radius 3 is 2.41 bits per heavy atom. The largest absolute Gasteiger partial charge is 0.492 e. The summed E-state index contributed by atoms with van der Waals surface area (Å²) in [6, 6.07) is 8.17. The van der Waals surface area contributed by atoms with Crippen molar-refractivity contribution in [2.75, 3.05) is 6.61 Å². The van der Waals surface area contributed by atoms with E-state index in [9.17, 15) is 0 Å². The molecule has 2 aromatic heterocycles. The highest BCUT2D eigenvalue weighted by atomic mass is 35.5. The zero-order valence-corrected chi connectivity index (χ0v) is 13.8. The predicted molar refractivity (Wildman–Crippen MR) is 92.5 cm³/mol. The maximum Gasteiger partial charge on any atom is 0.147 e. The summed E-state index contributed by atoms with van der Waals surface area (Å²) in [6.07, 6.45) is 3.99. The monoisotopic (exact) mass is 317 g/mol. The molecule has 2 aromatic rings. The van der Waals surface area contributed by atoms with Crippen LogP contribution in [0, 0.1) is 13.8 Å². The van der Waals surface area contributed by atoms with Crippen LogP contribution < -0.4 is 0 Å². The van der Waals surface area contributed by atoms with Crippen molar-refractivity contribution < 1.29 is 4.74 Å². The quantitative estimate of drug-likeness (QED) is 0.874. The van der Waals surface area contributed by atoms with Crippen LogP contribution in [0.15, 0.2) is 46.8 Å². The third-order valence-corrected chi connectivity index (χ3v) is 3.32. The second kappa shape index (κ2) is 6.71. The molecule has 0 fully saturated rings. The van der Waals surface area contributed by atoms with Gasteiger partial charge in [0.25, 0.3) is 0 Å². The molecule has 0 bridgehead atoms. The van der Waals surface area contributed by atoms with Gasteiger partial charge in [-0.1, -0.05) is 0 Å². The first-order valence-electron chi connectivity index (χ1n) is 7.12. The average Bonchev–Trinajstić information content (AvgIpc) is 3.13. The van der Waals surface area contributed by atoms with Gasteiger partial charge in [0.15, 0.2) is 0 Å². The molecular formula is C17H20ClN3O. The molecule has 1 aliphatic heterocycles. The maximum atomic E-state index is 5.70. The van der Waals surface area contributed by atoms with E-state index in [2.05, 4.69) is 15.0 Å². The summed E-state index contributed by atoms with van der Waals surface area (Å²) < 4.78 is 5.70. The number of hydrogen-bond acceptors (Lipinski definition) is 2. The number of ether oxygens (including phenoxy) is 1. The van der Waals surface area contributed by atoms with Gasteiger partial charge in [0.1, 0.15) is 11.5 Å². The zero-order valence-electron chi connectivity index (χ0n) is 12.9. The summed E-state index contributed by atoms with van der Waals surface area (Å²) in [4.78, 5) is 11.3. The second-order valence-electron chi connectivity index (χ2n) is 5.12. The molecule has 0 radical (unpaired) electrons. The van der Waals surface area contributed by atoms with Crippen molar-refractivity contribution in [3.63, 3.8) is 0 Å². The van der Waals surface area contributed by atoms with Crippen molar-refractivity contribution in [2.45, 2.75) is 20.8 Å². The Morgan fingerprint density at radius 1 is 1.09 bits per heavy atom. The molecule has 3 heterocycles. The number of aliphatic imine (C=N–C) groups is 1. The number of H-pyrrole nitrogens is 2. The van der Waals surface area contributed by atoms with Crippen molar-refractivity contribution in [1.29, 1.82) is 0 Å². The molecule has 1 aliphatic rings. The van der Waals surface area contributed by atoms with E-state index in [0.29, 0.717) is 6.61 Å². The Balaban J connectivity index is 0.00000176. The average molecular weight is 318 g/mol. The summed E-state index contributed by atoms with van der Waals surface area (Å²) in [5.41, 5.74) is 6.04. The smallest absolute Gasteiger partial charge is 0.147 e. The van der Waals surface area contributed by atoms with Gasteiger partial charge in [-0.2, -0.15) is 0 Å². The van der Waals surface area contributed by atoms with Crippen LogP contribution in [-0.4, -0.2) is 22.3 Å². The summed E-state index contributed by atoms with van der Waals surface area (Å²) in [5, 5.41) is 0. The van der Waals surface area contributed by atoms with Gasteiger partial charge in [-0.25, -0.2) is 4.99 Å². The number of nitrogens with one attached hydrogen (secondary N) is 2. The highest BCUT2D eigenvalue weighted by Gasteiger charge is 2.18. The van der Waals surface area contributed by atoms with Gasteiger partial charge < -0.3 is 14.7 Å². The SMILES string of the molecule is CCOC1=CC(c2ccc(C)[nH]2)=NC1=Cc1ccc(C)[nH]1.Cl. The number of rotatable bonds is 4. The number of aromatic nitrogens is 2. The highest BCUT2D eigenvalue weighted by molar-refractivity contribution is 6.11.